The van der Waals surface area contributed by atoms with Gasteiger partial charge in [0, 0.05) is 62.8 Å². The molecule has 0 spiro atoms. The number of amides is 2. The van der Waals surface area contributed by atoms with Crippen molar-refractivity contribution in [2.24, 2.45) is 0 Å². The lowest BCUT2D eigenvalue weighted by molar-refractivity contribution is -0.133. The zero-order valence-corrected chi connectivity index (χ0v) is 20.0. The molecule has 1 aliphatic rings. The molecule has 0 unspecified atom stereocenters. The third-order valence-corrected chi connectivity index (χ3v) is 6.42. The lowest BCUT2D eigenvalue weighted by atomic mass is 10.1. The molecule has 1 heterocycles. The summed E-state index contributed by atoms with van der Waals surface area (Å²) in [5.41, 5.74) is 2.90. The molecule has 6 heteroatoms. The second-order valence-corrected chi connectivity index (χ2v) is 9.05. The molecule has 0 saturated carbocycles. The maximum absolute atomic E-state index is 13.2. The average Bonchev–Trinajstić information content (AvgIpc) is 2.88. The zero-order valence-electron chi connectivity index (χ0n) is 19.3. The van der Waals surface area contributed by atoms with E-state index in [4.69, 9.17) is 11.6 Å². The smallest absolute Gasteiger partial charge is 0.254 e. The van der Waals surface area contributed by atoms with Gasteiger partial charge in [0.1, 0.15) is 0 Å². The van der Waals surface area contributed by atoms with E-state index in [0.717, 1.165) is 38.3 Å². The summed E-state index contributed by atoms with van der Waals surface area (Å²) in [5, 5.41) is 0.591. The Morgan fingerprint density at radius 1 is 0.765 bits per heavy atom. The lowest BCUT2D eigenvalue weighted by Gasteiger charge is -2.35. The van der Waals surface area contributed by atoms with Crippen molar-refractivity contribution in [2.75, 3.05) is 32.7 Å². The Labute approximate surface area is 206 Å². The quantitative estimate of drug-likeness (QED) is 0.473. The van der Waals surface area contributed by atoms with Crippen molar-refractivity contribution in [1.29, 1.82) is 0 Å². The fourth-order valence-corrected chi connectivity index (χ4v) is 4.34. The molecule has 1 aliphatic heterocycles. The molecule has 34 heavy (non-hydrogen) atoms. The number of nitrogens with zero attached hydrogens (tertiary/aromatic N) is 3. The molecule has 1 fully saturated rings. The Balaban J connectivity index is 1.33. The first kappa shape index (κ1) is 24.0. The predicted octanol–water partition coefficient (Wildman–Crippen LogP) is 4.72. The molecule has 0 aromatic heterocycles. The Kier molecular flexibility index (Phi) is 8.34. The van der Waals surface area contributed by atoms with Crippen molar-refractivity contribution in [3.05, 3.63) is 107 Å². The summed E-state index contributed by atoms with van der Waals surface area (Å²) >= 11 is 5.99. The van der Waals surface area contributed by atoms with Crippen molar-refractivity contribution < 1.29 is 9.59 Å². The van der Waals surface area contributed by atoms with Gasteiger partial charge >= 0.3 is 0 Å². The molecule has 0 bridgehead atoms. The van der Waals surface area contributed by atoms with Crippen LogP contribution in [0.15, 0.2) is 84.9 Å². The number of benzene rings is 3. The molecule has 4 rings (SSSR count). The molecule has 0 atom stereocenters. The van der Waals surface area contributed by atoms with Crippen molar-refractivity contribution in [3.8, 4) is 0 Å². The summed E-state index contributed by atoms with van der Waals surface area (Å²) in [5.74, 6) is 0.00216. The van der Waals surface area contributed by atoms with Crippen LogP contribution >= 0.6 is 11.6 Å². The number of piperazine rings is 1. The van der Waals surface area contributed by atoms with Gasteiger partial charge < -0.3 is 9.80 Å². The standard InChI is InChI=1S/C28H30ClN3O2/c29-26-13-11-25(12-14-26)28(34)32(22-24-9-5-2-6-10-24)16-15-27(33)31-19-17-30(18-20-31)21-23-7-3-1-4-8-23/h1-14H,15-22H2. The molecule has 0 N–H and O–H groups in total. The maximum atomic E-state index is 13.2. The number of carbonyl (C=O) groups is 2. The van der Waals surface area contributed by atoms with E-state index in [1.165, 1.54) is 5.56 Å². The highest BCUT2D eigenvalue weighted by Gasteiger charge is 2.23. The van der Waals surface area contributed by atoms with Crippen molar-refractivity contribution in [3.63, 3.8) is 0 Å². The van der Waals surface area contributed by atoms with Gasteiger partial charge in [-0.2, -0.15) is 0 Å². The SMILES string of the molecule is O=C(CCN(Cc1ccccc1)C(=O)c1ccc(Cl)cc1)N1CCN(Cc2ccccc2)CC1. The van der Waals surface area contributed by atoms with Gasteiger partial charge in [-0.25, -0.2) is 0 Å². The number of rotatable bonds is 8. The van der Waals surface area contributed by atoms with Crippen LogP contribution in [-0.2, 0) is 17.9 Å². The van der Waals surface area contributed by atoms with E-state index in [1.807, 2.05) is 41.3 Å². The Morgan fingerprint density at radius 2 is 1.35 bits per heavy atom. The van der Waals surface area contributed by atoms with Crippen LogP contribution < -0.4 is 0 Å². The zero-order chi connectivity index (χ0) is 23.8. The number of halogens is 1. The van der Waals surface area contributed by atoms with Gasteiger partial charge in [-0.05, 0) is 35.4 Å². The van der Waals surface area contributed by atoms with E-state index in [1.54, 1.807) is 29.2 Å². The van der Waals surface area contributed by atoms with Crippen molar-refractivity contribution in [2.45, 2.75) is 19.5 Å². The average molecular weight is 476 g/mol. The number of carbonyl (C=O) groups excluding carboxylic acids is 2. The molecule has 5 nitrogen and oxygen atoms in total. The second-order valence-electron chi connectivity index (χ2n) is 8.61. The van der Waals surface area contributed by atoms with Gasteiger partial charge in [0.15, 0.2) is 0 Å². The van der Waals surface area contributed by atoms with E-state index < -0.39 is 0 Å². The summed E-state index contributed by atoms with van der Waals surface area (Å²) in [6.45, 7) is 4.89. The number of hydrogen-bond donors (Lipinski definition) is 0. The predicted molar refractivity (Wildman–Crippen MR) is 136 cm³/mol. The molecule has 176 valence electrons. The molecule has 1 saturated heterocycles. The van der Waals surface area contributed by atoms with Crippen LogP contribution in [0.2, 0.25) is 5.02 Å². The summed E-state index contributed by atoms with van der Waals surface area (Å²) in [7, 11) is 0. The fourth-order valence-electron chi connectivity index (χ4n) is 4.22. The van der Waals surface area contributed by atoms with Crippen molar-refractivity contribution in [1.82, 2.24) is 14.7 Å². The first-order valence-corrected chi connectivity index (χ1v) is 12.1. The normalized spacial score (nSPS) is 14.1. The van der Waals surface area contributed by atoms with Crippen LogP contribution in [0.5, 0.6) is 0 Å². The first-order valence-electron chi connectivity index (χ1n) is 11.7. The minimum Gasteiger partial charge on any atom is -0.340 e. The van der Waals surface area contributed by atoms with Crippen LogP contribution in [0.1, 0.15) is 27.9 Å². The fraction of sp³-hybridized carbons (Fsp3) is 0.286. The van der Waals surface area contributed by atoms with E-state index >= 15 is 0 Å². The summed E-state index contributed by atoms with van der Waals surface area (Å²) < 4.78 is 0. The Bertz CT molecular complexity index is 1070. The summed E-state index contributed by atoms with van der Waals surface area (Å²) in [4.78, 5) is 32.3. The minimum atomic E-state index is -0.0963. The lowest BCUT2D eigenvalue weighted by Crippen LogP contribution is -2.49. The summed E-state index contributed by atoms with van der Waals surface area (Å²) in [6.07, 6.45) is 0.310. The topological polar surface area (TPSA) is 43.9 Å². The van der Waals surface area contributed by atoms with Gasteiger partial charge in [0.05, 0.1) is 0 Å². The van der Waals surface area contributed by atoms with Crippen LogP contribution in [0, 0.1) is 0 Å². The second kappa shape index (κ2) is 11.8. The molecule has 2 amide bonds. The Hall–Kier alpha value is -3.15. The monoisotopic (exact) mass is 475 g/mol. The summed E-state index contributed by atoms with van der Waals surface area (Å²) in [6, 6.07) is 27.2. The van der Waals surface area contributed by atoms with Crippen molar-refractivity contribution >= 4 is 23.4 Å². The molecule has 3 aromatic carbocycles. The van der Waals surface area contributed by atoms with E-state index in [-0.39, 0.29) is 11.8 Å². The molecular formula is C28H30ClN3O2. The third-order valence-electron chi connectivity index (χ3n) is 6.16. The van der Waals surface area contributed by atoms with Crippen LogP contribution in [-0.4, -0.2) is 59.2 Å². The first-order chi connectivity index (χ1) is 16.6. The van der Waals surface area contributed by atoms with Crippen LogP contribution in [0.25, 0.3) is 0 Å². The van der Waals surface area contributed by atoms with Gasteiger partial charge in [-0.3, -0.25) is 14.5 Å². The molecular weight excluding hydrogens is 446 g/mol. The van der Waals surface area contributed by atoms with E-state index in [9.17, 15) is 9.59 Å². The van der Waals surface area contributed by atoms with Crippen LogP contribution in [0.3, 0.4) is 0 Å². The highest BCUT2D eigenvalue weighted by molar-refractivity contribution is 6.30. The van der Waals surface area contributed by atoms with Crippen LogP contribution in [0.4, 0.5) is 0 Å². The van der Waals surface area contributed by atoms with Gasteiger partial charge in [-0.15, -0.1) is 0 Å². The minimum absolute atomic E-state index is 0.0963. The van der Waals surface area contributed by atoms with Gasteiger partial charge in [0.25, 0.3) is 5.91 Å². The van der Waals surface area contributed by atoms with Gasteiger partial charge in [0.2, 0.25) is 5.91 Å². The molecule has 0 radical (unpaired) electrons. The Morgan fingerprint density at radius 3 is 1.97 bits per heavy atom. The van der Waals surface area contributed by atoms with Gasteiger partial charge in [-0.1, -0.05) is 72.3 Å². The third kappa shape index (κ3) is 6.69. The maximum Gasteiger partial charge on any atom is 0.254 e. The molecule has 0 aliphatic carbocycles. The molecule has 3 aromatic rings. The highest BCUT2D eigenvalue weighted by atomic mass is 35.5. The number of hydrogen-bond acceptors (Lipinski definition) is 3. The highest BCUT2D eigenvalue weighted by Crippen LogP contribution is 2.15. The van der Waals surface area contributed by atoms with E-state index in [0.29, 0.717) is 30.1 Å². The van der Waals surface area contributed by atoms with E-state index in [2.05, 4.69) is 29.2 Å². The largest absolute Gasteiger partial charge is 0.340 e.